The van der Waals surface area contributed by atoms with E-state index in [1.165, 1.54) is 12.1 Å². The Kier molecular flexibility index (Phi) is 5.72. The summed E-state index contributed by atoms with van der Waals surface area (Å²) in [6.07, 6.45) is 3.78. The van der Waals surface area contributed by atoms with Crippen LogP contribution in [0.4, 0.5) is 4.39 Å². The lowest BCUT2D eigenvalue weighted by atomic mass is 9.90. The van der Waals surface area contributed by atoms with Crippen LogP contribution in [0, 0.1) is 5.82 Å². The molecule has 0 saturated carbocycles. The summed E-state index contributed by atoms with van der Waals surface area (Å²) in [4.78, 5) is 4.68. The summed E-state index contributed by atoms with van der Waals surface area (Å²) in [5.41, 5.74) is 8.59. The van der Waals surface area contributed by atoms with Crippen molar-refractivity contribution < 1.29 is 4.39 Å². The van der Waals surface area contributed by atoms with Gasteiger partial charge in [0.25, 0.3) is 0 Å². The van der Waals surface area contributed by atoms with Crippen LogP contribution < -0.4 is 0 Å². The van der Waals surface area contributed by atoms with Gasteiger partial charge in [-0.05, 0) is 58.7 Å². The summed E-state index contributed by atoms with van der Waals surface area (Å²) < 4.78 is 15.8. The molecule has 172 valence electrons. The van der Waals surface area contributed by atoms with Crippen molar-refractivity contribution in [3.05, 3.63) is 146 Å². The molecule has 0 bridgehead atoms. The van der Waals surface area contributed by atoms with Crippen molar-refractivity contribution in [1.29, 1.82) is 0 Å². The van der Waals surface area contributed by atoms with Crippen LogP contribution in [0.5, 0.6) is 0 Å². The maximum Gasteiger partial charge on any atom is 0.144 e. The van der Waals surface area contributed by atoms with Crippen LogP contribution in [0.3, 0.4) is 0 Å². The molecule has 1 heterocycles. The number of imidazole rings is 1. The smallest absolute Gasteiger partial charge is 0.144 e. The third kappa shape index (κ3) is 4.12. The van der Waals surface area contributed by atoms with E-state index in [1.54, 1.807) is 18.3 Å². The normalized spacial score (nSPS) is 10.9. The fraction of sp³-hybridized carbons (Fsp3) is 0. The van der Waals surface area contributed by atoms with Crippen molar-refractivity contribution in [2.24, 2.45) is 0 Å². The first-order chi connectivity index (χ1) is 17.8. The van der Waals surface area contributed by atoms with Gasteiger partial charge < -0.3 is 0 Å². The zero-order valence-electron chi connectivity index (χ0n) is 19.6. The van der Waals surface area contributed by atoms with Crippen molar-refractivity contribution in [2.75, 3.05) is 0 Å². The molecule has 2 nitrogen and oxygen atoms in total. The lowest BCUT2D eigenvalue weighted by Gasteiger charge is -2.21. The highest BCUT2D eigenvalue weighted by atomic mass is 19.1. The van der Waals surface area contributed by atoms with Crippen LogP contribution in [0.1, 0.15) is 0 Å². The first-order valence-electron chi connectivity index (χ1n) is 11.9. The van der Waals surface area contributed by atoms with E-state index in [-0.39, 0.29) is 5.82 Å². The van der Waals surface area contributed by atoms with E-state index in [1.807, 2.05) is 24.4 Å². The SMILES string of the molecule is Fc1ccc(-c2nccn2-c2c(-c3ccccc3)cc(-c3ccccc3)cc2-c2ccccc2)cc1. The maximum atomic E-state index is 13.7. The van der Waals surface area contributed by atoms with Gasteiger partial charge in [0.1, 0.15) is 11.6 Å². The van der Waals surface area contributed by atoms with Gasteiger partial charge in [0.05, 0.1) is 5.69 Å². The van der Waals surface area contributed by atoms with Crippen molar-refractivity contribution in [2.45, 2.75) is 0 Å². The van der Waals surface area contributed by atoms with Gasteiger partial charge in [-0.3, -0.25) is 4.57 Å². The molecule has 0 amide bonds. The molecule has 0 aliphatic rings. The van der Waals surface area contributed by atoms with Gasteiger partial charge in [-0.1, -0.05) is 91.0 Å². The fourth-order valence-electron chi connectivity index (χ4n) is 4.66. The molecule has 1 aromatic heterocycles. The largest absolute Gasteiger partial charge is 0.299 e. The number of nitrogens with zero attached hydrogens (tertiary/aromatic N) is 2. The number of rotatable bonds is 5. The molecule has 5 aromatic carbocycles. The third-order valence-corrected chi connectivity index (χ3v) is 6.37. The molecule has 0 atom stereocenters. The molecule has 0 saturated heterocycles. The van der Waals surface area contributed by atoms with Crippen LogP contribution in [0.2, 0.25) is 0 Å². The molecule has 6 aromatic rings. The predicted octanol–water partition coefficient (Wildman–Crippen LogP) is 8.68. The van der Waals surface area contributed by atoms with E-state index in [0.717, 1.165) is 50.5 Å². The molecule has 6 rings (SSSR count). The van der Waals surface area contributed by atoms with Gasteiger partial charge >= 0.3 is 0 Å². The van der Waals surface area contributed by atoms with E-state index < -0.39 is 0 Å². The number of halogens is 1. The Bertz CT molecular complexity index is 1540. The topological polar surface area (TPSA) is 17.8 Å². The van der Waals surface area contributed by atoms with E-state index in [0.29, 0.717) is 0 Å². The molecule has 0 radical (unpaired) electrons. The highest BCUT2D eigenvalue weighted by molar-refractivity contribution is 5.91. The molecule has 0 spiro atoms. The Morgan fingerprint density at radius 3 is 1.53 bits per heavy atom. The van der Waals surface area contributed by atoms with Crippen LogP contribution >= 0.6 is 0 Å². The van der Waals surface area contributed by atoms with Crippen molar-refractivity contribution in [1.82, 2.24) is 9.55 Å². The molecule has 0 aliphatic carbocycles. The zero-order valence-corrected chi connectivity index (χ0v) is 19.6. The van der Waals surface area contributed by atoms with E-state index >= 15 is 0 Å². The summed E-state index contributed by atoms with van der Waals surface area (Å²) in [6.45, 7) is 0. The second-order valence-electron chi connectivity index (χ2n) is 8.65. The molecule has 36 heavy (non-hydrogen) atoms. The maximum absolute atomic E-state index is 13.7. The molecule has 0 fully saturated rings. The molecular formula is C33H23FN2. The summed E-state index contributed by atoms with van der Waals surface area (Å²) in [5, 5.41) is 0. The molecule has 0 N–H and O–H groups in total. The van der Waals surface area contributed by atoms with E-state index in [4.69, 9.17) is 0 Å². The quantitative estimate of drug-likeness (QED) is 0.248. The molecule has 0 aliphatic heterocycles. The monoisotopic (exact) mass is 466 g/mol. The van der Waals surface area contributed by atoms with Crippen LogP contribution in [0.15, 0.2) is 140 Å². The minimum absolute atomic E-state index is 0.265. The fourth-order valence-corrected chi connectivity index (χ4v) is 4.66. The lowest BCUT2D eigenvalue weighted by molar-refractivity contribution is 0.628. The zero-order chi connectivity index (χ0) is 24.3. The van der Waals surface area contributed by atoms with E-state index in [2.05, 4.69) is 94.5 Å². The van der Waals surface area contributed by atoms with Crippen LogP contribution in [-0.2, 0) is 0 Å². The Labute approximate surface area is 210 Å². The minimum atomic E-state index is -0.265. The first kappa shape index (κ1) is 21.8. The van der Waals surface area contributed by atoms with Crippen molar-refractivity contribution >= 4 is 0 Å². The highest BCUT2D eigenvalue weighted by Crippen LogP contribution is 2.41. The minimum Gasteiger partial charge on any atom is -0.299 e. The van der Waals surface area contributed by atoms with Crippen LogP contribution in [-0.4, -0.2) is 9.55 Å². The number of benzene rings is 5. The Morgan fingerprint density at radius 1 is 0.500 bits per heavy atom. The molecule has 0 unspecified atom stereocenters. The summed E-state index contributed by atoms with van der Waals surface area (Å²) in [5.74, 6) is 0.496. The van der Waals surface area contributed by atoms with E-state index in [9.17, 15) is 4.39 Å². The summed E-state index contributed by atoms with van der Waals surface area (Å²) in [6, 6.07) is 42.3. The first-order valence-corrected chi connectivity index (χ1v) is 11.9. The van der Waals surface area contributed by atoms with Gasteiger partial charge in [-0.2, -0.15) is 0 Å². The van der Waals surface area contributed by atoms with Crippen molar-refractivity contribution in [3.8, 4) is 50.5 Å². The number of hydrogen-bond acceptors (Lipinski definition) is 1. The molecular weight excluding hydrogens is 443 g/mol. The van der Waals surface area contributed by atoms with Gasteiger partial charge in [-0.25, -0.2) is 9.37 Å². The van der Waals surface area contributed by atoms with Gasteiger partial charge in [-0.15, -0.1) is 0 Å². The average Bonchev–Trinajstić information content (AvgIpc) is 3.44. The molecule has 3 heteroatoms. The van der Waals surface area contributed by atoms with Gasteiger partial charge in [0, 0.05) is 29.1 Å². The Morgan fingerprint density at radius 2 is 1.00 bits per heavy atom. The van der Waals surface area contributed by atoms with Crippen molar-refractivity contribution in [3.63, 3.8) is 0 Å². The Hall–Kier alpha value is -4.76. The standard InChI is InChI=1S/C33H23FN2/c34-29-18-16-27(17-19-29)33-35-20-21-36(33)32-30(25-12-6-2-7-13-25)22-28(24-10-4-1-5-11-24)23-31(32)26-14-8-3-9-15-26/h1-23H. The number of aromatic nitrogens is 2. The number of hydrogen-bond donors (Lipinski definition) is 0. The summed E-state index contributed by atoms with van der Waals surface area (Å²) >= 11 is 0. The predicted molar refractivity (Wildman–Crippen MR) is 145 cm³/mol. The van der Waals surface area contributed by atoms with Gasteiger partial charge in [0.15, 0.2) is 0 Å². The second kappa shape index (κ2) is 9.47. The van der Waals surface area contributed by atoms with Crippen LogP contribution in [0.25, 0.3) is 50.5 Å². The third-order valence-electron chi connectivity index (χ3n) is 6.37. The van der Waals surface area contributed by atoms with Gasteiger partial charge in [0.2, 0.25) is 0 Å². The highest BCUT2D eigenvalue weighted by Gasteiger charge is 2.19. The lowest BCUT2D eigenvalue weighted by Crippen LogP contribution is -2.03. The average molecular weight is 467 g/mol. The Balaban J connectivity index is 1.69. The summed E-state index contributed by atoms with van der Waals surface area (Å²) in [7, 11) is 0. The second-order valence-corrected chi connectivity index (χ2v) is 8.65.